The molecule has 0 aliphatic carbocycles. The Bertz CT molecular complexity index is 597. The van der Waals surface area contributed by atoms with Crippen molar-refractivity contribution in [2.45, 2.75) is 6.54 Å². The molecule has 0 bridgehead atoms. The molecule has 1 heterocycles. The van der Waals surface area contributed by atoms with Crippen LogP contribution >= 0.6 is 0 Å². The van der Waals surface area contributed by atoms with E-state index in [1.165, 1.54) is 0 Å². The van der Waals surface area contributed by atoms with Gasteiger partial charge in [0.1, 0.15) is 12.4 Å². The average molecular weight is 284 g/mol. The molecule has 1 aromatic carbocycles. The van der Waals surface area contributed by atoms with E-state index >= 15 is 0 Å². The molecule has 0 saturated carbocycles. The second kappa shape index (κ2) is 8.15. The fourth-order valence-electron chi connectivity index (χ4n) is 1.91. The summed E-state index contributed by atoms with van der Waals surface area (Å²) >= 11 is 0. The first-order valence-corrected chi connectivity index (χ1v) is 6.89. The van der Waals surface area contributed by atoms with Crippen molar-refractivity contribution >= 4 is 0 Å². The summed E-state index contributed by atoms with van der Waals surface area (Å²) in [6, 6.07) is 9.71. The zero-order chi connectivity index (χ0) is 14.9. The van der Waals surface area contributed by atoms with Gasteiger partial charge in [0.05, 0.1) is 19.1 Å². The minimum Gasteiger partial charge on any atom is -0.492 e. The minimum atomic E-state index is 0.365. The summed E-state index contributed by atoms with van der Waals surface area (Å²) < 4.78 is 10.8. The van der Waals surface area contributed by atoms with Gasteiger partial charge in [-0.2, -0.15) is 0 Å². The van der Waals surface area contributed by atoms with Gasteiger partial charge in [0.2, 0.25) is 0 Å². The van der Waals surface area contributed by atoms with Crippen molar-refractivity contribution in [3.8, 4) is 17.6 Å². The lowest BCUT2D eigenvalue weighted by Crippen LogP contribution is -2.23. The van der Waals surface area contributed by atoms with Crippen LogP contribution in [-0.2, 0) is 6.54 Å². The van der Waals surface area contributed by atoms with Crippen molar-refractivity contribution in [1.29, 1.82) is 0 Å². The molecule has 110 valence electrons. The average Bonchev–Trinajstić information content (AvgIpc) is 2.98. The molecule has 2 rings (SSSR count). The van der Waals surface area contributed by atoms with E-state index in [1.807, 2.05) is 30.3 Å². The Kier molecular flexibility index (Phi) is 5.89. The zero-order valence-corrected chi connectivity index (χ0v) is 12.2. The number of nitrogens with two attached hydrogens (primary N) is 1. The Labute approximate surface area is 125 Å². The molecule has 1 aromatic heterocycles. The Balaban J connectivity index is 1.77. The highest BCUT2D eigenvalue weighted by molar-refractivity contribution is 5.39. The first-order valence-electron chi connectivity index (χ1n) is 6.89. The van der Waals surface area contributed by atoms with Gasteiger partial charge in [-0.15, -0.1) is 0 Å². The summed E-state index contributed by atoms with van der Waals surface area (Å²) in [4.78, 5) is 2.18. The smallest absolute Gasteiger partial charge is 0.120 e. The van der Waals surface area contributed by atoms with Gasteiger partial charge in [0.15, 0.2) is 0 Å². The molecule has 0 amide bonds. The highest BCUT2D eigenvalue weighted by Gasteiger charge is 2.02. The Morgan fingerprint density at radius 1 is 1.33 bits per heavy atom. The largest absolute Gasteiger partial charge is 0.492 e. The summed E-state index contributed by atoms with van der Waals surface area (Å²) in [7, 11) is 2.06. The maximum atomic E-state index is 5.75. The third kappa shape index (κ3) is 5.35. The first-order chi connectivity index (χ1) is 10.3. The Morgan fingerprint density at radius 3 is 3.00 bits per heavy atom. The number of benzene rings is 1. The zero-order valence-electron chi connectivity index (χ0n) is 12.2. The van der Waals surface area contributed by atoms with E-state index in [-0.39, 0.29) is 0 Å². The Morgan fingerprint density at radius 2 is 2.24 bits per heavy atom. The number of hydrogen-bond donors (Lipinski definition) is 1. The highest BCUT2D eigenvalue weighted by atomic mass is 16.5. The summed E-state index contributed by atoms with van der Waals surface area (Å²) in [6.07, 6.45) is 3.45. The van der Waals surface area contributed by atoms with Gasteiger partial charge in [-0.1, -0.05) is 17.9 Å². The summed E-state index contributed by atoms with van der Waals surface area (Å²) in [5, 5.41) is 0. The normalized spacial score (nSPS) is 10.2. The first kappa shape index (κ1) is 15.2. The number of hydrogen-bond acceptors (Lipinski definition) is 4. The maximum absolute atomic E-state index is 5.75. The molecule has 0 aliphatic heterocycles. The van der Waals surface area contributed by atoms with Gasteiger partial charge in [-0.05, 0) is 31.3 Å². The van der Waals surface area contributed by atoms with Gasteiger partial charge < -0.3 is 14.9 Å². The van der Waals surface area contributed by atoms with Crippen molar-refractivity contribution in [3.63, 3.8) is 0 Å². The van der Waals surface area contributed by atoms with Crippen LogP contribution in [-0.4, -0.2) is 31.6 Å². The fourth-order valence-corrected chi connectivity index (χ4v) is 1.91. The fraction of sp³-hybridized carbons (Fsp3) is 0.294. The molecule has 0 fully saturated rings. The van der Waals surface area contributed by atoms with E-state index in [0.29, 0.717) is 13.2 Å². The monoisotopic (exact) mass is 284 g/mol. The van der Waals surface area contributed by atoms with Crippen LogP contribution in [0.5, 0.6) is 5.75 Å². The topological polar surface area (TPSA) is 51.6 Å². The summed E-state index contributed by atoms with van der Waals surface area (Å²) in [5.74, 6) is 6.66. The van der Waals surface area contributed by atoms with Crippen LogP contribution in [0.1, 0.15) is 11.1 Å². The molecule has 0 unspecified atom stereocenters. The Hall–Kier alpha value is -2.22. The summed E-state index contributed by atoms with van der Waals surface area (Å²) in [5.41, 5.74) is 7.45. The van der Waals surface area contributed by atoms with Crippen LogP contribution in [0.15, 0.2) is 47.3 Å². The molecule has 2 aromatic rings. The van der Waals surface area contributed by atoms with Crippen LogP contribution in [0.2, 0.25) is 0 Å². The van der Waals surface area contributed by atoms with Crippen LogP contribution in [0.25, 0.3) is 0 Å². The number of furan rings is 1. The van der Waals surface area contributed by atoms with E-state index in [4.69, 9.17) is 14.9 Å². The number of nitrogens with zero attached hydrogens (tertiary/aromatic N) is 1. The second-order valence-corrected chi connectivity index (χ2v) is 4.75. The van der Waals surface area contributed by atoms with E-state index in [1.54, 1.807) is 12.5 Å². The van der Waals surface area contributed by atoms with Crippen molar-refractivity contribution in [3.05, 3.63) is 54.0 Å². The predicted molar refractivity (Wildman–Crippen MR) is 82.9 cm³/mol. The van der Waals surface area contributed by atoms with Gasteiger partial charge in [0.25, 0.3) is 0 Å². The third-order valence-corrected chi connectivity index (χ3v) is 2.94. The molecule has 0 radical (unpaired) electrons. The van der Waals surface area contributed by atoms with Crippen LogP contribution < -0.4 is 10.5 Å². The van der Waals surface area contributed by atoms with Crippen molar-refractivity contribution in [2.24, 2.45) is 5.73 Å². The second-order valence-electron chi connectivity index (χ2n) is 4.75. The lowest BCUT2D eigenvalue weighted by atomic mass is 10.2. The van der Waals surface area contributed by atoms with Gasteiger partial charge in [-0.25, -0.2) is 0 Å². The standard InChI is InChI=1S/C17H20N2O2/c1-19(13-16-7-10-20-14-16)9-11-21-17-6-2-4-15(12-17)5-3-8-18/h2,4,6-7,10,12,14H,8-9,11,13,18H2,1H3. The van der Waals surface area contributed by atoms with E-state index in [9.17, 15) is 0 Å². The van der Waals surface area contributed by atoms with Crippen LogP contribution in [0.4, 0.5) is 0 Å². The van der Waals surface area contributed by atoms with Crippen molar-refractivity contribution in [2.75, 3.05) is 26.7 Å². The number of likely N-dealkylation sites (N-methyl/N-ethyl adjacent to an activating group) is 1. The molecule has 0 aliphatic rings. The van der Waals surface area contributed by atoms with Crippen LogP contribution in [0.3, 0.4) is 0 Å². The van der Waals surface area contributed by atoms with Crippen molar-refractivity contribution < 1.29 is 9.15 Å². The summed E-state index contributed by atoms with van der Waals surface area (Å²) in [6.45, 7) is 2.68. The predicted octanol–water partition coefficient (Wildman–Crippen LogP) is 2.10. The molecule has 21 heavy (non-hydrogen) atoms. The molecule has 0 atom stereocenters. The van der Waals surface area contributed by atoms with E-state index < -0.39 is 0 Å². The minimum absolute atomic E-state index is 0.365. The third-order valence-electron chi connectivity index (χ3n) is 2.94. The quantitative estimate of drug-likeness (QED) is 0.825. The molecular weight excluding hydrogens is 264 g/mol. The lowest BCUT2D eigenvalue weighted by molar-refractivity contribution is 0.232. The molecule has 4 heteroatoms. The molecule has 0 spiro atoms. The maximum Gasteiger partial charge on any atom is 0.120 e. The molecule has 0 saturated heterocycles. The molecule has 4 nitrogen and oxygen atoms in total. The van der Waals surface area contributed by atoms with E-state index in [2.05, 4.69) is 23.8 Å². The van der Waals surface area contributed by atoms with E-state index in [0.717, 1.165) is 30.0 Å². The van der Waals surface area contributed by atoms with Gasteiger partial charge in [-0.3, -0.25) is 4.90 Å². The van der Waals surface area contributed by atoms with Gasteiger partial charge in [0, 0.05) is 24.2 Å². The van der Waals surface area contributed by atoms with Crippen LogP contribution in [0, 0.1) is 11.8 Å². The molecule has 2 N–H and O–H groups in total. The molecular formula is C17H20N2O2. The lowest BCUT2D eigenvalue weighted by Gasteiger charge is -2.16. The number of rotatable bonds is 6. The highest BCUT2D eigenvalue weighted by Crippen LogP contribution is 2.12. The SMILES string of the molecule is CN(CCOc1cccc(C#CCN)c1)Cc1ccoc1. The van der Waals surface area contributed by atoms with Crippen molar-refractivity contribution in [1.82, 2.24) is 4.90 Å². The number of ether oxygens (including phenoxy) is 1. The van der Waals surface area contributed by atoms with Gasteiger partial charge >= 0.3 is 0 Å².